The normalized spacial score (nSPS) is 11.7. The van der Waals surface area contributed by atoms with E-state index in [4.69, 9.17) is 10.2 Å². The van der Waals surface area contributed by atoms with Crippen LogP contribution >= 0.6 is 0 Å². The Morgan fingerprint density at radius 2 is 0.612 bits per heavy atom. The quantitative estimate of drug-likeness (QED) is 0.190. The Morgan fingerprint density at radius 3 is 1.02 bits per heavy atom. The summed E-state index contributed by atoms with van der Waals surface area (Å²) in [6, 6.07) is 62.0. The van der Waals surface area contributed by atoms with Gasteiger partial charge in [0, 0.05) is 38.4 Å². The van der Waals surface area contributed by atoms with Crippen LogP contribution in [0.1, 0.15) is 0 Å². The summed E-state index contributed by atoms with van der Waals surface area (Å²) in [6.45, 7) is 0. The molecule has 10 aromatic rings. The summed E-state index contributed by atoms with van der Waals surface area (Å²) < 4.78 is 6.92. The summed E-state index contributed by atoms with van der Waals surface area (Å²) >= 11 is 0. The highest BCUT2D eigenvalue weighted by atomic mass is 15.3. The van der Waals surface area contributed by atoms with Gasteiger partial charge in [-0.2, -0.15) is 0 Å². The number of para-hydroxylation sites is 7. The lowest BCUT2D eigenvalue weighted by Gasteiger charge is -2.17. The van der Waals surface area contributed by atoms with Crippen molar-refractivity contribution in [2.75, 3.05) is 0 Å². The van der Waals surface area contributed by atoms with E-state index in [9.17, 15) is 0 Å². The van der Waals surface area contributed by atoms with Gasteiger partial charge in [0.2, 0.25) is 0 Å². The maximum atomic E-state index is 5.01. The molecule has 0 radical (unpaired) electrons. The number of hydrogen-bond donors (Lipinski definition) is 0. The van der Waals surface area contributed by atoms with E-state index in [1.165, 1.54) is 21.5 Å². The summed E-state index contributed by atoms with van der Waals surface area (Å²) in [5.41, 5.74) is 9.68. The van der Waals surface area contributed by atoms with Crippen LogP contribution in [-0.4, -0.2) is 23.9 Å². The lowest BCUT2D eigenvalue weighted by atomic mass is 10.1. The summed E-state index contributed by atoms with van der Waals surface area (Å²) in [5, 5.41) is 14.9. The zero-order valence-electron chi connectivity index (χ0n) is 26.5. The van der Waals surface area contributed by atoms with Gasteiger partial charge in [-0.05, 0) is 60.7 Å². The fourth-order valence-corrected chi connectivity index (χ4v) is 7.53. The molecule has 0 aliphatic rings. The van der Waals surface area contributed by atoms with Gasteiger partial charge in [0.05, 0.1) is 33.4 Å². The molecule has 49 heavy (non-hydrogen) atoms. The van der Waals surface area contributed by atoms with Gasteiger partial charge < -0.3 is 9.13 Å². The fourth-order valence-electron chi connectivity index (χ4n) is 7.53. The predicted octanol–water partition coefficient (Wildman–Crippen LogP) is 10.8. The van der Waals surface area contributed by atoms with Crippen molar-refractivity contribution in [1.29, 1.82) is 0 Å². The van der Waals surface area contributed by atoms with Gasteiger partial charge in [-0.15, -0.1) is 10.2 Å². The van der Waals surface area contributed by atoms with E-state index in [1.807, 2.05) is 6.07 Å². The van der Waals surface area contributed by atoms with Crippen LogP contribution in [0.3, 0.4) is 0 Å². The van der Waals surface area contributed by atoms with Crippen LogP contribution in [0.4, 0.5) is 0 Å². The Balaban J connectivity index is 1.26. The van der Waals surface area contributed by atoms with Crippen LogP contribution in [0, 0.1) is 0 Å². The highest BCUT2D eigenvalue weighted by Gasteiger charge is 2.24. The first kappa shape index (κ1) is 27.4. The molecule has 0 fully saturated rings. The third kappa shape index (κ3) is 4.12. The number of rotatable bonds is 5. The molecule has 230 valence electrons. The SMILES string of the molecule is c1ccc(-n2c(-c3ccccc3-n3c4ccccc4c4ccccc43)nnc2-c2ccccc2-n2c3ccccc3c3ccccc32)cc1. The van der Waals surface area contributed by atoms with Crippen molar-refractivity contribution in [2.45, 2.75) is 0 Å². The number of fused-ring (bicyclic) bond motifs is 6. The molecule has 7 aromatic carbocycles. The van der Waals surface area contributed by atoms with Crippen molar-refractivity contribution in [2.24, 2.45) is 0 Å². The van der Waals surface area contributed by atoms with Crippen molar-refractivity contribution in [3.63, 3.8) is 0 Å². The van der Waals surface area contributed by atoms with Crippen molar-refractivity contribution >= 4 is 43.6 Å². The zero-order chi connectivity index (χ0) is 32.3. The Bertz CT molecular complexity index is 2550. The van der Waals surface area contributed by atoms with E-state index >= 15 is 0 Å². The van der Waals surface area contributed by atoms with Gasteiger partial charge in [0.15, 0.2) is 11.6 Å². The highest BCUT2D eigenvalue weighted by Crippen LogP contribution is 2.40. The minimum absolute atomic E-state index is 0.774. The summed E-state index contributed by atoms with van der Waals surface area (Å²) in [7, 11) is 0. The van der Waals surface area contributed by atoms with E-state index in [0.717, 1.165) is 61.9 Å². The standard InChI is InChI=1S/C44H29N5/c1-2-16-30(17-3-1)47-43(35-22-8-14-28-41(35)48-37-24-10-4-18-31(37)32-19-5-11-25-38(32)48)45-46-44(47)36-23-9-15-29-42(36)49-39-26-12-6-20-33(39)34-21-7-13-27-40(34)49/h1-29H. The molecule has 0 bridgehead atoms. The van der Waals surface area contributed by atoms with Crippen LogP contribution in [0.15, 0.2) is 176 Å². The first-order valence-electron chi connectivity index (χ1n) is 16.5. The third-order valence-electron chi connectivity index (χ3n) is 9.61. The molecule has 3 heterocycles. The molecule has 0 saturated carbocycles. The Labute approximate surface area is 282 Å². The van der Waals surface area contributed by atoms with E-state index < -0.39 is 0 Å². The number of aromatic nitrogens is 5. The summed E-state index contributed by atoms with van der Waals surface area (Å²) in [5.74, 6) is 1.55. The fraction of sp³-hybridized carbons (Fsp3) is 0. The second kappa shape index (κ2) is 10.9. The average Bonchev–Trinajstić information content (AvgIpc) is 3.86. The van der Waals surface area contributed by atoms with Crippen LogP contribution in [0.5, 0.6) is 0 Å². The molecule has 5 heteroatoms. The van der Waals surface area contributed by atoms with Crippen LogP contribution in [0.2, 0.25) is 0 Å². The van der Waals surface area contributed by atoms with Crippen molar-refractivity contribution in [3.05, 3.63) is 176 Å². The average molecular weight is 628 g/mol. The predicted molar refractivity (Wildman–Crippen MR) is 201 cm³/mol. The first-order valence-corrected chi connectivity index (χ1v) is 16.5. The second-order valence-electron chi connectivity index (χ2n) is 12.3. The molecule has 0 spiro atoms. The Hall–Kier alpha value is -6.72. The van der Waals surface area contributed by atoms with Crippen molar-refractivity contribution in [3.8, 4) is 39.8 Å². The van der Waals surface area contributed by atoms with Crippen molar-refractivity contribution in [1.82, 2.24) is 23.9 Å². The van der Waals surface area contributed by atoms with Crippen LogP contribution < -0.4 is 0 Å². The van der Waals surface area contributed by atoms with Crippen LogP contribution in [0.25, 0.3) is 83.4 Å². The van der Waals surface area contributed by atoms with Gasteiger partial charge in [0.1, 0.15) is 0 Å². The topological polar surface area (TPSA) is 40.6 Å². The van der Waals surface area contributed by atoms with Gasteiger partial charge in [-0.3, -0.25) is 4.57 Å². The van der Waals surface area contributed by atoms with E-state index in [0.29, 0.717) is 0 Å². The smallest absolute Gasteiger partial charge is 0.170 e. The Kier molecular flexibility index (Phi) is 6.11. The molecule has 0 aliphatic heterocycles. The Morgan fingerprint density at radius 1 is 0.286 bits per heavy atom. The lowest BCUT2D eigenvalue weighted by Crippen LogP contribution is -2.05. The zero-order valence-corrected chi connectivity index (χ0v) is 26.5. The lowest BCUT2D eigenvalue weighted by molar-refractivity contribution is 1.06. The molecule has 0 unspecified atom stereocenters. The molecular formula is C44H29N5. The molecule has 0 amide bonds. The van der Waals surface area contributed by atoms with E-state index in [-0.39, 0.29) is 0 Å². The molecule has 0 N–H and O–H groups in total. The maximum Gasteiger partial charge on any atom is 0.170 e. The minimum atomic E-state index is 0.774. The molecule has 10 rings (SSSR count). The summed E-state index contributed by atoms with van der Waals surface area (Å²) in [6.07, 6.45) is 0. The largest absolute Gasteiger partial charge is 0.309 e. The molecule has 5 nitrogen and oxygen atoms in total. The first-order chi connectivity index (χ1) is 24.4. The van der Waals surface area contributed by atoms with E-state index in [2.05, 4.69) is 184 Å². The van der Waals surface area contributed by atoms with Crippen molar-refractivity contribution < 1.29 is 0 Å². The van der Waals surface area contributed by atoms with E-state index in [1.54, 1.807) is 0 Å². The number of hydrogen-bond acceptors (Lipinski definition) is 2. The van der Waals surface area contributed by atoms with Gasteiger partial charge >= 0.3 is 0 Å². The van der Waals surface area contributed by atoms with Gasteiger partial charge in [-0.1, -0.05) is 115 Å². The minimum Gasteiger partial charge on any atom is -0.309 e. The van der Waals surface area contributed by atoms with Crippen LogP contribution in [-0.2, 0) is 0 Å². The number of nitrogens with zero attached hydrogens (tertiary/aromatic N) is 5. The molecular weight excluding hydrogens is 599 g/mol. The molecule has 3 aromatic heterocycles. The second-order valence-corrected chi connectivity index (χ2v) is 12.3. The van der Waals surface area contributed by atoms with Gasteiger partial charge in [0.25, 0.3) is 0 Å². The molecule has 0 saturated heterocycles. The highest BCUT2D eigenvalue weighted by molar-refractivity contribution is 6.10. The number of benzene rings is 7. The maximum absolute atomic E-state index is 5.01. The summed E-state index contributed by atoms with van der Waals surface area (Å²) in [4.78, 5) is 0. The monoisotopic (exact) mass is 627 g/mol. The molecule has 0 atom stereocenters. The van der Waals surface area contributed by atoms with Gasteiger partial charge in [-0.25, -0.2) is 0 Å². The third-order valence-corrected chi connectivity index (χ3v) is 9.61. The molecule has 0 aliphatic carbocycles.